The molecule has 1 aromatic carbocycles. The van der Waals surface area contributed by atoms with Gasteiger partial charge in [0, 0.05) is 19.0 Å². The van der Waals surface area contributed by atoms with Crippen LogP contribution in [0.1, 0.15) is 29.8 Å². The summed E-state index contributed by atoms with van der Waals surface area (Å²) in [4.78, 5) is 13.8. The van der Waals surface area contributed by atoms with Gasteiger partial charge < -0.3 is 15.8 Å². The second-order valence-corrected chi connectivity index (χ2v) is 4.71. The lowest BCUT2D eigenvalue weighted by Crippen LogP contribution is -2.39. The fraction of sp³-hybridized carbons (Fsp3) is 0.429. The normalized spacial score (nSPS) is 13.1. The first kappa shape index (κ1) is 15.9. The molecule has 1 rings (SSSR count). The molecule has 0 bridgehead atoms. The van der Waals surface area contributed by atoms with E-state index in [0.717, 1.165) is 0 Å². The minimum absolute atomic E-state index is 0.0403. The molecule has 3 N–H and O–H groups in total. The van der Waals surface area contributed by atoms with E-state index in [1.807, 2.05) is 0 Å². The van der Waals surface area contributed by atoms with E-state index in [0.29, 0.717) is 12.1 Å². The molecule has 1 atom stereocenters. The van der Waals surface area contributed by atoms with Crippen molar-refractivity contribution in [2.75, 3.05) is 13.1 Å². The lowest BCUT2D eigenvalue weighted by molar-refractivity contribution is 0.0749. The third-order valence-electron chi connectivity index (χ3n) is 3.21. The predicted molar refractivity (Wildman–Crippen MR) is 75.3 cm³/mol. The molecule has 0 aromatic heterocycles. The lowest BCUT2D eigenvalue weighted by Gasteiger charge is -2.24. The van der Waals surface area contributed by atoms with Crippen LogP contribution in [0.4, 0.5) is 4.39 Å². The van der Waals surface area contributed by atoms with Gasteiger partial charge in [-0.15, -0.1) is 0 Å². The Balaban J connectivity index is 2.95. The summed E-state index contributed by atoms with van der Waals surface area (Å²) in [6.45, 7) is 5.82. The first-order valence-electron chi connectivity index (χ1n) is 6.44. The van der Waals surface area contributed by atoms with Gasteiger partial charge in [0.15, 0.2) is 0 Å². The van der Waals surface area contributed by atoms with E-state index in [2.05, 4.69) is 5.16 Å². The van der Waals surface area contributed by atoms with E-state index in [-0.39, 0.29) is 23.9 Å². The maximum absolute atomic E-state index is 14.0. The highest BCUT2D eigenvalue weighted by molar-refractivity contribution is 5.95. The molecule has 20 heavy (non-hydrogen) atoms. The third-order valence-corrected chi connectivity index (χ3v) is 3.21. The zero-order valence-electron chi connectivity index (χ0n) is 11.9. The van der Waals surface area contributed by atoms with Gasteiger partial charge in [0.25, 0.3) is 5.91 Å². The van der Waals surface area contributed by atoms with Crippen molar-refractivity contribution < 1.29 is 14.4 Å². The second kappa shape index (κ2) is 6.88. The predicted octanol–water partition coefficient (Wildman–Crippen LogP) is 1.98. The molecule has 0 heterocycles. The number of oxime groups is 1. The van der Waals surface area contributed by atoms with Gasteiger partial charge in [0.05, 0.1) is 5.56 Å². The summed E-state index contributed by atoms with van der Waals surface area (Å²) in [7, 11) is 0. The van der Waals surface area contributed by atoms with Crippen LogP contribution in [-0.4, -0.2) is 34.9 Å². The molecular formula is C14H20FN3O2. The molecule has 1 amide bonds. The Hall–Kier alpha value is -2.11. The number of carbonyl (C=O) groups excluding carboxylic acids is 1. The number of rotatable bonds is 5. The van der Waals surface area contributed by atoms with Crippen LogP contribution in [0.2, 0.25) is 0 Å². The number of carbonyl (C=O) groups is 1. The lowest BCUT2D eigenvalue weighted by atomic mass is 10.1. The van der Waals surface area contributed by atoms with Crippen LogP contribution in [0.5, 0.6) is 0 Å². The van der Waals surface area contributed by atoms with Crippen LogP contribution >= 0.6 is 0 Å². The number of hydrogen-bond acceptors (Lipinski definition) is 3. The van der Waals surface area contributed by atoms with E-state index < -0.39 is 11.7 Å². The van der Waals surface area contributed by atoms with Crippen molar-refractivity contribution in [3.63, 3.8) is 0 Å². The Morgan fingerprint density at radius 1 is 1.55 bits per heavy atom. The van der Waals surface area contributed by atoms with Crippen molar-refractivity contribution in [2.45, 2.75) is 20.8 Å². The van der Waals surface area contributed by atoms with Gasteiger partial charge in [-0.05, 0) is 25.5 Å². The highest BCUT2D eigenvalue weighted by Crippen LogP contribution is 2.15. The number of aryl methyl sites for hydroxylation is 1. The monoisotopic (exact) mass is 281 g/mol. The maximum Gasteiger partial charge on any atom is 0.256 e. The number of nitrogens with zero attached hydrogens (tertiary/aromatic N) is 2. The van der Waals surface area contributed by atoms with E-state index in [1.54, 1.807) is 32.9 Å². The molecule has 0 aliphatic carbocycles. The molecule has 0 saturated heterocycles. The summed E-state index contributed by atoms with van der Waals surface area (Å²) in [6, 6.07) is 4.72. The quantitative estimate of drug-likeness (QED) is 0.375. The first-order valence-corrected chi connectivity index (χ1v) is 6.44. The molecule has 0 spiro atoms. The summed E-state index contributed by atoms with van der Waals surface area (Å²) in [5.41, 5.74) is 5.97. The van der Waals surface area contributed by atoms with Crippen LogP contribution in [0.15, 0.2) is 23.4 Å². The van der Waals surface area contributed by atoms with Crippen molar-refractivity contribution in [3.8, 4) is 0 Å². The van der Waals surface area contributed by atoms with E-state index in [4.69, 9.17) is 10.9 Å². The second-order valence-electron chi connectivity index (χ2n) is 4.71. The zero-order chi connectivity index (χ0) is 15.3. The highest BCUT2D eigenvalue weighted by Gasteiger charge is 2.21. The molecule has 110 valence electrons. The Labute approximate surface area is 117 Å². The van der Waals surface area contributed by atoms with Gasteiger partial charge in [0.1, 0.15) is 11.7 Å². The molecule has 0 aliphatic heterocycles. The summed E-state index contributed by atoms with van der Waals surface area (Å²) in [5, 5.41) is 11.5. The average Bonchev–Trinajstić information content (AvgIpc) is 2.45. The fourth-order valence-electron chi connectivity index (χ4n) is 1.86. The first-order chi connectivity index (χ1) is 9.42. The maximum atomic E-state index is 14.0. The molecular weight excluding hydrogens is 261 g/mol. The molecule has 0 aliphatic rings. The third kappa shape index (κ3) is 3.46. The summed E-state index contributed by atoms with van der Waals surface area (Å²) in [5.74, 6) is -1.17. The van der Waals surface area contributed by atoms with E-state index in [9.17, 15) is 9.18 Å². The smallest absolute Gasteiger partial charge is 0.256 e. The van der Waals surface area contributed by atoms with Gasteiger partial charge in [-0.3, -0.25) is 4.79 Å². The Morgan fingerprint density at radius 2 is 2.20 bits per heavy atom. The SMILES string of the molecule is CCN(CC(C)/C(N)=N/O)C(=O)c1cccc(C)c1F. The number of benzene rings is 1. The topological polar surface area (TPSA) is 78.9 Å². The minimum Gasteiger partial charge on any atom is -0.409 e. The Bertz CT molecular complexity index is 517. The van der Waals surface area contributed by atoms with Gasteiger partial charge in [-0.2, -0.15) is 0 Å². The van der Waals surface area contributed by atoms with Crippen LogP contribution in [0, 0.1) is 18.7 Å². The number of nitrogens with two attached hydrogens (primary N) is 1. The number of hydrogen-bond donors (Lipinski definition) is 2. The van der Waals surface area contributed by atoms with E-state index in [1.165, 1.54) is 11.0 Å². The summed E-state index contributed by atoms with van der Waals surface area (Å²) >= 11 is 0. The van der Waals surface area contributed by atoms with Gasteiger partial charge in [-0.25, -0.2) is 4.39 Å². The van der Waals surface area contributed by atoms with Crippen LogP contribution in [0.25, 0.3) is 0 Å². The van der Waals surface area contributed by atoms with Crippen molar-refractivity contribution in [2.24, 2.45) is 16.8 Å². The molecule has 0 saturated carbocycles. The Morgan fingerprint density at radius 3 is 2.75 bits per heavy atom. The average molecular weight is 281 g/mol. The van der Waals surface area contributed by atoms with Crippen LogP contribution in [-0.2, 0) is 0 Å². The summed E-state index contributed by atoms with van der Waals surface area (Å²) in [6.07, 6.45) is 0. The van der Waals surface area contributed by atoms with Crippen molar-refractivity contribution in [3.05, 3.63) is 35.1 Å². The fourth-order valence-corrected chi connectivity index (χ4v) is 1.86. The molecule has 1 aromatic rings. The van der Waals surface area contributed by atoms with Gasteiger partial charge in [0.2, 0.25) is 0 Å². The highest BCUT2D eigenvalue weighted by atomic mass is 19.1. The van der Waals surface area contributed by atoms with Gasteiger partial charge >= 0.3 is 0 Å². The molecule has 5 nitrogen and oxygen atoms in total. The van der Waals surface area contributed by atoms with Crippen molar-refractivity contribution >= 4 is 11.7 Å². The number of halogens is 1. The molecule has 6 heteroatoms. The van der Waals surface area contributed by atoms with Crippen LogP contribution < -0.4 is 5.73 Å². The van der Waals surface area contributed by atoms with Crippen molar-refractivity contribution in [1.82, 2.24) is 4.90 Å². The number of amidine groups is 1. The molecule has 0 radical (unpaired) electrons. The minimum atomic E-state index is -0.507. The standard InChI is InChI=1S/C14H20FN3O2/c1-4-18(8-10(3)13(16)17-20)14(19)11-7-5-6-9(2)12(11)15/h5-7,10,20H,4,8H2,1-3H3,(H2,16,17). The summed E-state index contributed by atoms with van der Waals surface area (Å²) < 4.78 is 14.0. The van der Waals surface area contributed by atoms with Gasteiger partial charge in [-0.1, -0.05) is 24.2 Å². The number of amides is 1. The largest absolute Gasteiger partial charge is 0.409 e. The molecule has 0 fully saturated rings. The van der Waals surface area contributed by atoms with Crippen molar-refractivity contribution in [1.29, 1.82) is 0 Å². The molecule has 1 unspecified atom stereocenters. The van der Waals surface area contributed by atoms with Crippen LogP contribution in [0.3, 0.4) is 0 Å². The zero-order valence-corrected chi connectivity index (χ0v) is 11.9. The van der Waals surface area contributed by atoms with E-state index >= 15 is 0 Å². The Kier molecular flexibility index (Phi) is 5.49.